The lowest BCUT2D eigenvalue weighted by Crippen LogP contribution is -2.01. The zero-order valence-corrected chi connectivity index (χ0v) is 82.8. The smallest absolute Gasteiger partial charge is 0.237 e. The maximum atomic E-state index is 4.61. The summed E-state index contributed by atoms with van der Waals surface area (Å²) in [5, 5.41) is 19.8. The predicted molar refractivity (Wildman–Crippen MR) is 618 cm³/mol. The van der Waals surface area contributed by atoms with E-state index in [0.717, 1.165) is 67.2 Å². The molecule has 150 heavy (non-hydrogen) atoms. The lowest BCUT2D eigenvalue weighted by atomic mass is 9.96. The monoisotopic (exact) mass is 1940 g/mol. The standard InChI is InChI=1S/C40H27N5.C35H25N5.C34H23N5.C23H14N2S/c1-26-20-28(40-42-24-41-25-43-40)16-18-31(26)27-17-19-37-33(21-27)35-22-34-32-14-8-9-15-36(32)44(29-10-4-2-5-11-29)38(34)23-39(35)45(37)30-12-6-3-7-13-30;1-22-8-12-26(13-9-22)39-31-14-10-23(2)16-27(31)29-18-30-28-17-25(24-6-4-3-5-7-24)11-15-32(28)40(34(30)19-33(29)39)35-37-20-36-21-38-35;1-22-12-14-30-26(16-22)28-18-29-27-17-24(23-8-4-2-5-9-23)13-15-31(27)39(34-36-20-35-21-37-34)33(29)19-32(28)38(30)25-10-6-3-7-11-25;1-3-9-19-15(7-1)17-13-18-16-8-2-4-10-21(16)26-22(18)14-20(17)25(19)23-11-5-6-12-24-23/h2-25H,1H3;3-21H,1-2H3;2-21H,1H3;1-14H. The largest absolute Gasteiger partial charge is 0.309 e. The maximum Gasteiger partial charge on any atom is 0.237 e. The minimum absolute atomic E-state index is 0.607. The first kappa shape index (κ1) is 87.9. The fourth-order valence-electron chi connectivity index (χ4n) is 22.7. The molecule has 708 valence electrons. The molecule has 0 unspecified atom stereocenters. The van der Waals surface area contributed by atoms with Crippen molar-refractivity contribution in [2.75, 3.05) is 0 Å². The van der Waals surface area contributed by atoms with Crippen molar-refractivity contribution in [3.8, 4) is 85.2 Å². The Morgan fingerprint density at radius 3 is 0.973 bits per heavy atom. The topological polar surface area (TPSA) is 163 Å². The van der Waals surface area contributed by atoms with Gasteiger partial charge < -0.3 is 18.3 Å². The molecule has 31 aromatic rings. The summed E-state index contributed by atoms with van der Waals surface area (Å²) in [6, 6.07) is 152. The van der Waals surface area contributed by atoms with Crippen molar-refractivity contribution >= 4 is 184 Å². The summed E-state index contributed by atoms with van der Waals surface area (Å²) in [6.07, 6.45) is 11.2. The Balaban J connectivity index is 0.0000000974. The Morgan fingerprint density at radius 2 is 0.513 bits per heavy atom. The number of hydrogen-bond acceptors (Lipinski definition) is 11. The Labute approximate surface area is 863 Å². The Kier molecular flexibility index (Phi) is 21.2. The van der Waals surface area contributed by atoms with Gasteiger partial charge in [-0.2, -0.15) is 0 Å². The number of aromatic nitrogens is 17. The molecule has 18 heteroatoms. The number of hydrogen-bond donors (Lipinski definition) is 0. The Bertz CT molecular complexity index is 10700. The van der Waals surface area contributed by atoms with Crippen molar-refractivity contribution in [3.63, 3.8) is 0 Å². The van der Waals surface area contributed by atoms with Crippen molar-refractivity contribution in [2.24, 2.45) is 0 Å². The first-order valence-electron chi connectivity index (χ1n) is 50.2. The zero-order chi connectivity index (χ0) is 99.7. The van der Waals surface area contributed by atoms with Crippen LogP contribution in [0.25, 0.3) is 258 Å². The van der Waals surface area contributed by atoms with Gasteiger partial charge in [-0.25, -0.2) is 49.8 Å². The zero-order valence-electron chi connectivity index (χ0n) is 82.0. The van der Waals surface area contributed by atoms with Gasteiger partial charge in [0.25, 0.3) is 0 Å². The summed E-state index contributed by atoms with van der Waals surface area (Å²) in [4.78, 5) is 43.6. The normalized spacial score (nSPS) is 11.7. The van der Waals surface area contributed by atoms with Crippen LogP contribution in [0, 0.1) is 27.7 Å². The summed E-state index contributed by atoms with van der Waals surface area (Å²) in [5.74, 6) is 2.85. The van der Waals surface area contributed by atoms with E-state index in [1.54, 1.807) is 25.3 Å². The first-order chi connectivity index (χ1) is 74.1. The number of rotatable bonds is 11. The summed E-state index contributed by atoms with van der Waals surface area (Å²) in [6.45, 7) is 8.59. The third kappa shape index (κ3) is 14.9. The van der Waals surface area contributed by atoms with Crippen LogP contribution < -0.4 is 0 Å². The highest BCUT2D eigenvalue weighted by Gasteiger charge is 2.27. The molecule has 0 fully saturated rings. The predicted octanol–water partition coefficient (Wildman–Crippen LogP) is 32.6. The van der Waals surface area contributed by atoms with Crippen LogP contribution in [-0.2, 0) is 0 Å². The van der Waals surface area contributed by atoms with Gasteiger partial charge in [-0.1, -0.05) is 247 Å². The molecular formula is C132H89N17S. The van der Waals surface area contributed by atoms with Crippen molar-refractivity contribution in [2.45, 2.75) is 27.7 Å². The highest BCUT2D eigenvalue weighted by molar-refractivity contribution is 7.25. The SMILES string of the molecule is Cc1cc(-c2ncncn2)ccc1-c1ccc2c(c1)c1cc3c4ccccc4n(-c4ccccc4)c3cc1n2-c1ccccc1.Cc1ccc(-n2c3ccc(C)cc3c3cc4c5cc(-c6ccccc6)ccc5n(-c5ncncn5)c4cc32)cc1.Cc1ccc2c(c1)c1cc3c4cc(-c5ccccc5)ccc4n(-c4ncncn4)c3cc1n2-c1ccccc1.c1ccc(-n2c3ccccc3c3cc4c(cc32)sc2ccccc24)nc1. The number of pyridine rings is 1. The number of nitrogens with zero attached hydrogens (tertiary/aromatic N) is 17. The molecule has 17 nitrogen and oxygen atoms in total. The van der Waals surface area contributed by atoms with E-state index in [4.69, 9.17) is 0 Å². The molecule has 19 aromatic carbocycles. The van der Waals surface area contributed by atoms with E-state index in [-0.39, 0.29) is 0 Å². The second kappa shape index (κ2) is 36.2. The molecule has 0 aliphatic rings. The van der Waals surface area contributed by atoms with Crippen LogP contribution in [0.4, 0.5) is 0 Å². The second-order valence-corrected chi connectivity index (χ2v) is 39.5. The van der Waals surface area contributed by atoms with Gasteiger partial charge in [0.15, 0.2) is 5.82 Å². The van der Waals surface area contributed by atoms with E-state index in [9.17, 15) is 0 Å². The molecule has 12 heterocycles. The van der Waals surface area contributed by atoms with Crippen LogP contribution in [0.5, 0.6) is 0 Å². The highest BCUT2D eigenvalue weighted by atomic mass is 32.1. The number of para-hydroxylation sites is 5. The highest BCUT2D eigenvalue weighted by Crippen LogP contribution is 2.48. The van der Waals surface area contributed by atoms with Gasteiger partial charge in [0.2, 0.25) is 11.9 Å². The van der Waals surface area contributed by atoms with Gasteiger partial charge in [0, 0.05) is 130 Å². The van der Waals surface area contributed by atoms with E-state index in [1.807, 2.05) is 29.7 Å². The summed E-state index contributed by atoms with van der Waals surface area (Å²) < 4.78 is 18.7. The van der Waals surface area contributed by atoms with Gasteiger partial charge in [-0.15, -0.1) is 11.3 Å². The van der Waals surface area contributed by atoms with Crippen LogP contribution in [-0.4, -0.2) is 81.8 Å². The quantitative estimate of drug-likeness (QED) is 0.122. The minimum Gasteiger partial charge on any atom is -0.309 e. The summed E-state index contributed by atoms with van der Waals surface area (Å²) >= 11 is 1.86. The summed E-state index contributed by atoms with van der Waals surface area (Å²) in [7, 11) is 0. The van der Waals surface area contributed by atoms with E-state index < -0.39 is 0 Å². The fraction of sp³-hybridized carbons (Fsp3) is 0.0303. The van der Waals surface area contributed by atoms with Crippen LogP contribution in [0.15, 0.2) is 469 Å². The molecule has 0 N–H and O–H groups in total. The Hall–Kier alpha value is -19.8. The molecule has 0 radical (unpaired) electrons. The fourth-order valence-corrected chi connectivity index (χ4v) is 23.8. The molecule has 31 rings (SSSR count). The molecule has 0 atom stereocenters. The van der Waals surface area contributed by atoms with Crippen LogP contribution in [0.1, 0.15) is 22.3 Å². The van der Waals surface area contributed by atoms with Gasteiger partial charge >= 0.3 is 0 Å². The first-order valence-corrected chi connectivity index (χ1v) is 51.0. The lowest BCUT2D eigenvalue weighted by Gasteiger charge is -2.11. The molecular weight excluding hydrogens is 1860 g/mol. The van der Waals surface area contributed by atoms with E-state index >= 15 is 0 Å². The van der Waals surface area contributed by atoms with Crippen molar-refractivity contribution < 1.29 is 0 Å². The average molecular weight is 1950 g/mol. The van der Waals surface area contributed by atoms with E-state index in [2.05, 4.69) is 522 Å². The minimum atomic E-state index is 0.607. The number of benzene rings is 19. The van der Waals surface area contributed by atoms with Gasteiger partial charge in [0.1, 0.15) is 43.8 Å². The van der Waals surface area contributed by atoms with Crippen molar-refractivity contribution in [1.82, 2.24) is 81.8 Å². The average Bonchev–Trinajstić information content (AvgIpc) is 1.56. The Morgan fingerprint density at radius 1 is 0.180 bits per heavy atom. The molecule has 0 saturated heterocycles. The second-order valence-electron chi connectivity index (χ2n) is 38.4. The molecule has 0 amide bonds. The van der Waals surface area contributed by atoms with Gasteiger partial charge in [-0.3, -0.25) is 13.7 Å². The van der Waals surface area contributed by atoms with Crippen LogP contribution >= 0.6 is 11.3 Å². The molecule has 0 saturated carbocycles. The third-order valence-electron chi connectivity index (χ3n) is 29.4. The summed E-state index contributed by atoms with van der Waals surface area (Å²) in [5.41, 5.74) is 33.7. The van der Waals surface area contributed by atoms with Crippen LogP contribution in [0.3, 0.4) is 0 Å². The molecule has 0 aliphatic carbocycles. The number of thiophene rings is 1. The molecule has 0 bridgehead atoms. The maximum absolute atomic E-state index is 4.61. The van der Waals surface area contributed by atoms with Crippen LogP contribution in [0.2, 0.25) is 0 Å². The van der Waals surface area contributed by atoms with Crippen molar-refractivity contribution in [1.29, 1.82) is 0 Å². The van der Waals surface area contributed by atoms with E-state index in [0.29, 0.717) is 17.7 Å². The lowest BCUT2D eigenvalue weighted by molar-refractivity contribution is 0.939. The van der Waals surface area contributed by atoms with Gasteiger partial charge in [-0.05, 0) is 261 Å². The number of aryl methyl sites for hydroxylation is 4. The number of fused-ring (bicyclic) bond motifs is 24. The van der Waals surface area contributed by atoms with E-state index in [1.165, 1.54) is 208 Å². The molecule has 12 aromatic heterocycles. The van der Waals surface area contributed by atoms with Crippen molar-refractivity contribution in [3.05, 3.63) is 491 Å². The molecule has 0 aliphatic heterocycles. The van der Waals surface area contributed by atoms with Gasteiger partial charge in [0.05, 0.1) is 77.2 Å². The molecule has 0 spiro atoms. The third-order valence-corrected chi connectivity index (χ3v) is 30.6.